The number of hydrogen-bond donors (Lipinski definition) is 1. The van der Waals surface area contributed by atoms with Gasteiger partial charge in [0.15, 0.2) is 0 Å². The average molecular weight is 184 g/mol. The highest BCUT2D eigenvalue weighted by molar-refractivity contribution is 5.82. The third-order valence-corrected chi connectivity index (χ3v) is 2.63. The van der Waals surface area contributed by atoms with Gasteiger partial charge in [0.05, 0.1) is 18.0 Å². The summed E-state index contributed by atoms with van der Waals surface area (Å²) in [6.45, 7) is 4.13. The van der Waals surface area contributed by atoms with Gasteiger partial charge in [-0.3, -0.25) is 4.99 Å². The molecule has 2 unspecified atom stereocenters. The molecule has 3 nitrogen and oxygen atoms in total. The Bertz CT molecular complexity index is 189. The molecule has 0 bridgehead atoms. The summed E-state index contributed by atoms with van der Waals surface area (Å²) in [5, 5.41) is 0. The number of hydrogen-bond acceptors (Lipinski definition) is 2. The molecule has 0 saturated heterocycles. The predicted octanol–water partition coefficient (Wildman–Crippen LogP) is 1.57. The van der Waals surface area contributed by atoms with Crippen molar-refractivity contribution in [3.63, 3.8) is 0 Å². The van der Waals surface area contributed by atoms with E-state index in [1.54, 1.807) is 7.11 Å². The summed E-state index contributed by atoms with van der Waals surface area (Å²) >= 11 is 0. The van der Waals surface area contributed by atoms with Gasteiger partial charge in [0.25, 0.3) is 0 Å². The van der Waals surface area contributed by atoms with Crippen molar-refractivity contribution in [1.29, 1.82) is 0 Å². The Morgan fingerprint density at radius 3 is 2.69 bits per heavy atom. The molecule has 1 rings (SSSR count). The quantitative estimate of drug-likeness (QED) is 0.534. The van der Waals surface area contributed by atoms with E-state index in [4.69, 9.17) is 10.5 Å². The SMILES string of the molecule is COC1CCCC1N=C(N)C(C)C. The molecule has 13 heavy (non-hydrogen) atoms. The minimum Gasteiger partial charge on any atom is -0.387 e. The Morgan fingerprint density at radius 2 is 2.15 bits per heavy atom. The van der Waals surface area contributed by atoms with Crippen molar-refractivity contribution in [3.05, 3.63) is 0 Å². The predicted molar refractivity (Wildman–Crippen MR) is 54.9 cm³/mol. The first-order valence-corrected chi connectivity index (χ1v) is 5.01. The zero-order valence-corrected chi connectivity index (χ0v) is 8.79. The highest BCUT2D eigenvalue weighted by Gasteiger charge is 2.26. The Labute approximate surface area is 80.4 Å². The first kappa shape index (κ1) is 10.5. The maximum absolute atomic E-state index is 5.81. The van der Waals surface area contributed by atoms with E-state index in [1.165, 1.54) is 6.42 Å². The summed E-state index contributed by atoms with van der Waals surface area (Å²) in [6, 6.07) is 0.299. The van der Waals surface area contributed by atoms with E-state index < -0.39 is 0 Å². The second kappa shape index (κ2) is 4.61. The fraction of sp³-hybridized carbons (Fsp3) is 0.900. The van der Waals surface area contributed by atoms with E-state index in [1.807, 2.05) is 0 Å². The number of methoxy groups -OCH3 is 1. The van der Waals surface area contributed by atoms with Crippen LogP contribution in [0.15, 0.2) is 4.99 Å². The van der Waals surface area contributed by atoms with Crippen molar-refractivity contribution in [3.8, 4) is 0 Å². The molecule has 3 heteroatoms. The monoisotopic (exact) mass is 184 g/mol. The lowest BCUT2D eigenvalue weighted by Crippen LogP contribution is -2.26. The van der Waals surface area contributed by atoms with Crippen molar-refractivity contribution >= 4 is 5.84 Å². The molecule has 0 aliphatic heterocycles. The van der Waals surface area contributed by atoms with Gasteiger partial charge in [0.1, 0.15) is 0 Å². The molecule has 0 heterocycles. The highest BCUT2D eigenvalue weighted by atomic mass is 16.5. The molecule has 0 spiro atoms. The lowest BCUT2D eigenvalue weighted by Gasteiger charge is -2.15. The lowest BCUT2D eigenvalue weighted by atomic mass is 10.2. The van der Waals surface area contributed by atoms with Gasteiger partial charge in [-0.15, -0.1) is 0 Å². The number of aliphatic imine (C=N–C) groups is 1. The molecule has 76 valence electrons. The molecule has 0 aromatic heterocycles. The fourth-order valence-electron chi connectivity index (χ4n) is 1.67. The normalized spacial score (nSPS) is 30.0. The van der Waals surface area contributed by atoms with Crippen LogP contribution in [0, 0.1) is 5.92 Å². The van der Waals surface area contributed by atoms with Crippen LogP contribution in [0.4, 0.5) is 0 Å². The van der Waals surface area contributed by atoms with Crippen molar-refractivity contribution in [2.24, 2.45) is 16.6 Å². The second-order valence-corrected chi connectivity index (χ2v) is 3.98. The first-order chi connectivity index (χ1) is 6.15. The standard InChI is InChI=1S/C10H20N2O/c1-7(2)10(11)12-8-5-4-6-9(8)13-3/h7-9H,4-6H2,1-3H3,(H2,11,12). The van der Waals surface area contributed by atoms with Crippen LogP contribution < -0.4 is 5.73 Å². The van der Waals surface area contributed by atoms with Crippen LogP contribution in [-0.4, -0.2) is 25.1 Å². The van der Waals surface area contributed by atoms with E-state index in [0.29, 0.717) is 12.0 Å². The molecule has 1 fully saturated rings. The Balaban J connectivity index is 2.56. The van der Waals surface area contributed by atoms with Gasteiger partial charge in [-0.05, 0) is 19.3 Å². The molecule has 1 saturated carbocycles. The molecular formula is C10H20N2O. The van der Waals surface area contributed by atoms with Crippen molar-refractivity contribution in [1.82, 2.24) is 0 Å². The Kier molecular flexibility index (Phi) is 3.72. The lowest BCUT2D eigenvalue weighted by molar-refractivity contribution is 0.0965. The summed E-state index contributed by atoms with van der Waals surface area (Å²) in [4.78, 5) is 4.50. The molecule has 1 aliphatic rings. The van der Waals surface area contributed by atoms with Crippen LogP contribution in [0.2, 0.25) is 0 Å². The highest BCUT2D eigenvalue weighted by Crippen LogP contribution is 2.24. The average Bonchev–Trinajstić information content (AvgIpc) is 2.51. The van der Waals surface area contributed by atoms with E-state index in [0.717, 1.165) is 18.7 Å². The molecule has 1 aliphatic carbocycles. The maximum atomic E-state index is 5.81. The van der Waals surface area contributed by atoms with E-state index >= 15 is 0 Å². The minimum absolute atomic E-state index is 0.289. The van der Waals surface area contributed by atoms with Gasteiger partial charge < -0.3 is 10.5 Å². The van der Waals surface area contributed by atoms with Gasteiger partial charge in [0.2, 0.25) is 0 Å². The van der Waals surface area contributed by atoms with Gasteiger partial charge in [-0.25, -0.2) is 0 Å². The largest absolute Gasteiger partial charge is 0.387 e. The van der Waals surface area contributed by atoms with Crippen molar-refractivity contribution < 1.29 is 4.74 Å². The topological polar surface area (TPSA) is 47.6 Å². The van der Waals surface area contributed by atoms with Crippen molar-refractivity contribution in [2.75, 3.05) is 7.11 Å². The summed E-state index contributed by atoms with van der Waals surface area (Å²) < 4.78 is 5.34. The van der Waals surface area contributed by atoms with Crippen LogP contribution in [0.3, 0.4) is 0 Å². The Hall–Kier alpha value is -0.570. The summed E-state index contributed by atoms with van der Waals surface area (Å²) in [5.74, 6) is 1.10. The number of nitrogens with two attached hydrogens (primary N) is 1. The molecule has 0 radical (unpaired) electrons. The number of ether oxygens (including phenoxy) is 1. The van der Waals surface area contributed by atoms with Gasteiger partial charge in [0, 0.05) is 13.0 Å². The third-order valence-electron chi connectivity index (χ3n) is 2.63. The summed E-state index contributed by atoms with van der Waals surface area (Å²) in [6.07, 6.45) is 3.73. The van der Waals surface area contributed by atoms with Crippen LogP contribution in [-0.2, 0) is 4.74 Å². The molecule has 2 N–H and O–H groups in total. The molecule has 0 amide bonds. The van der Waals surface area contributed by atoms with Gasteiger partial charge >= 0.3 is 0 Å². The first-order valence-electron chi connectivity index (χ1n) is 5.01. The number of rotatable bonds is 3. The smallest absolute Gasteiger partial charge is 0.0967 e. The fourth-order valence-corrected chi connectivity index (χ4v) is 1.67. The summed E-state index contributed by atoms with van der Waals surface area (Å²) in [7, 11) is 1.75. The van der Waals surface area contributed by atoms with E-state index in [9.17, 15) is 0 Å². The molecular weight excluding hydrogens is 164 g/mol. The van der Waals surface area contributed by atoms with Crippen LogP contribution in [0.1, 0.15) is 33.1 Å². The van der Waals surface area contributed by atoms with Crippen LogP contribution in [0.25, 0.3) is 0 Å². The van der Waals surface area contributed by atoms with Crippen LogP contribution >= 0.6 is 0 Å². The minimum atomic E-state index is 0.289. The number of nitrogens with zero attached hydrogens (tertiary/aromatic N) is 1. The second-order valence-electron chi connectivity index (χ2n) is 3.98. The zero-order chi connectivity index (χ0) is 9.84. The van der Waals surface area contributed by atoms with E-state index in [-0.39, 0.29) is 6.10 Å². The van der Waals surface area contributed by atoms with Gasteiger partial charge in [-0.2, -0.15) is 0 Å². The summed E-state index contributed by atoms with van der Waals surface area (Å²) in [5.41, 5.74) is 5.81. The van der Waals surface area contributed by atoms with E-state index in [2.05, 4.69) is 18.8 Å². The van der Waals surface area contributed by atoms with Crippen LogP contribution in [0.5, 0.6) is 0 Å². The zero-order valence-electron chi connectivity index (χ0n) is 8.79. The van der Waals surface area contributed by atoms with Gasteiger partial charge in [-0.1, -0.05) is 13.8 Å². The van der Waals surface area contributed by atoms with Crippen molar-refractivity contribution in [2.45, 2.75) is 45.3 Å². The third kappa shape index (κ3) is 2.69. The maximum Gasteiger partial charge on any atom is 0.0967 e. The number of amidine groups is 1. The molecule has 0 aromatic carbocycles. The molecule has 2 atom stereocenters. The molecule has 0 aromatic rings. The Morgan fingerprint density at radius 1 is 1.46 bits per heavy atom.